The van der Waals surface area contributed by atoms with Crippen molar-refractivity contribution in [3.8, 4) is 0 Å². The molecule has 0 aliphatic carbocycles. The van der Waals surface area contributed by atoms with Crippen LogP contribution in [0.15, 0.2) is 29.4 Å². The van der Waals surface area contributed by atoms with Crippen LogP contribution in [0.2, 0.25) is 0 Å². The van der Waals surface area contributed by atoms with Crippen molar-refractivity contribution < 1.29 is 9.53 Å². The molecule has 0 aliphatic rings. The molecule has 0 saturated carbocycles. The predicted molar refractivity (Wildman–Crippen MR) is 87.5 cm³/mol. The van der Waals surface area contributed by atoms with Gasteiger partial charge in [0.1, 0.15) is 5.54 Å². The van der Waals surface area contributed by atoms with Crippen molar-refractivity contribution in [2.75, 3.05) is 13.2 Å². The van der Waals surface area contributed by atoms with Gasteiger partial charge in [0, 0.05) is 11.4 Å². The second-order valence-corrected chi connectivity index (χ2v) is 6.74. The fourth-order valence-corrected chi connectivity index (χ4v) is 3.27. The van der Waals surface area contributed by atoms with Crippen molar-refractivity contribution in [1.82, 2.24) is 10.3 Å². The van der Waals surface area contributed by atoms with E-state index in [1.54, 1.807) is 18.0 Å². The van der Waals surface area contributed by atoms with E-state index in [0.29, 0.717) is 13.0 Å². The van der Waals surface area contributed by atoms with E-state index in [0.717, 1.165) is 18.0 Å². The molecular weight excluding hydrogens is 284 g/mol. The molecule has 0 spiro atoms. The van der Waals surface area contributed by atoms with E-state index in [2.05, 4.69) is 24.1 Å². The molecule has 1 aromatic heterocycles. The molecule has 2 unspecified atom stereocenters. The molecule has 118 valence electrons. The summed E-state index contributed by atoms with van der Waals surface area (Å²) in [6.45, 7) is 9.18. The summed E-state index contributed by atoms with van der Waals surface area (Å²) >= 11 is 1.68. The van der Waals surface area contributed by atoms with E-state index in [4.69, 9.17) is 4.74 Å². The van der Waals surface area contributed by atoms with Gasteiger partial charge in [0.25, 0.3) is 0 Å². The summed E-state index contributed by atoms with van der Waals surface area (Å²) < 4.78 is 5.23. The lowest BCUT2D eigenvalue weighted by molar-refractivity contribution is -0.150. The number of pyridine rings is 1. The summed E-state index contributed by atoms with van der Waals surface area (Å²) in [5.74, 6) is -0.174. The summed E-state index contributed by atoms with van der Waals surface area (Å²) in [5.41, 5.74) is -0.646. The molecule has 1 rings (SSSR count). The lowest BCUT2D eigenvalue weighted by Crippen LogP contribution is -2.52. The molecule has 4 nitrogen and oxygen atoms in total. The predicted octanol–water partition coefficient (Wildman–Crippen LogP) is 3.27. The molecule has 0 amide bonds. The van der Waals surface area contributed by atoms with Crippen LogP contribution in [0.3, 0.4) is 0 Å². The zero-order valence-corrected chi connectivity index (χ0v) is 14.2. The minimum atomic E-state index is -0.646. The van der Waals surface area contributed by atoms with E-state index in [1.807, 2.05) is 32.0 Å². The maximum absolute atomic E-state index is 12.2. The van der Waals surface area contributed by atoms with Crippen LogP contribution in [-0.2, 0) is 9.53 Å². The number of hydrogen-bond donors (Lipinski definition) is 1. The van der Waals surface area contributed by atoms with Gasteiger partial charge >= 0.3 is 5.97 Å². The van der Waals surface area contributed by atoms with Crippen LogP contribution in [0.1, 0.15) is 40.5 Å². The first-order valence-electron chi connectivity index (χ1n) is 7.51. The number of carbonyl (C=O) groups is 1. The molecule has 5 heteroatoms. The van der Waals surface area contributed by atoms with Gasteiger partial charge in [0.2, 0.25) is 0 Å². The third-order valence-corrected chi connectivity index (χ3v) is 4.20. The number of rotatable bonds is 9. The second kappa shape index (κ2) is 9.05. The SMILES string of the molecule is CCCNC(C)(CC(C)Sc1ccccn1)C(=O)OCC. The second-order valence-electron chi connectivity index (χ2n) is 5.28. The van der Waals surface area contributed by atoms with Crippen molar-refractivity contribution in [3.63, 3.8) is 0 Å². The minimum Gasteiger partial charge on any atom is -0.465 e. The highest BCUT2D eigenvalue weighted by atomic mass is 32.2. The van der Waals surface area contributed by atoms with E-state index in [-0.39, 0.29) is 11.2 Å². The number of esters is 1. The Kier molecular flexibility index (Phi) is 7.75. The normalized spacial score (nSPS) is 15.2. The molecular formula is C16H26N2O2S. The Morgan fingerprint density at radius 2 is 2.24 bits per heavy atom. The van der Waals surface area contributed by atoms with Gasteiger partial charge in [-0.15, -0.1) is 11.8 Å². The highest BCUT2D eigenvalue weighted by Gasteiger charge is 2.35. The quantitative estimate of drug-likeness (QED) is 0.560. The van der Waals surface area contributed by atoms with Gasteiger partial charge in [-0.1, -0.05) is 19.9 Å². The lowest BCUT2D eigenvalue weighted by Gasteiger charge is -2.30. The molecule has 2 atom stereocenters. The Bertz CT molecular complexity index is 428. The Hall–Kier alpha value is -1.07. The van der Waals surface area contributed by atoms with Crippen LogP contribution in [0, 0.1) is 0 Å². The number of nitrogens with zero attached hydrogens (tertiary/aromatic N) is 1. The van der Waals surface area contributed by atoms with E-state index >= 15 is 0 Å². The monoisotopic (exact) mass is 310 g/mol. The zero-order chi connectivity index (χ0) is 15.7. The Morgan fingerprint density at radius 1 is 1.48 bits per heavy atom. The summed E-state index contributed by atoms with van der Waals surface area (Å²) in [5, 5.41) is 4.58. The molecule has 1 N–H and O–H groups in total. The van der Waals surface area contributed by atoms with E-state index in [9.17, 15) is 4.79 Å². The minimum absolute atomic E-state index is 0.174. The number of carbonyl (C=O) groups excluding carboxylic acids is 1. The van der Waals surface area contributed by atoms with Crippen LogP contribution < -0.4 is 5.32 Å². The first-order chi connectivity index (χ1) is 10.0. The summed E-state index contributed by atoms with van der Waals surface area (Å²) in [6, 6.07) is 5.87. The Morgan fingerprint density at radius 3 is 2.81 bits per heavy atom. The third kappa shape index (κ3) is 6.06. The smallest absolute Gasteiger partial charge is 0.326 e. The number of ether oxygens (including phenoxy) is 1. The molecule has 0 fully saturated rings. The van der Waals surface area contributed by atoms with Crippen molar-refractivity contribution in [3.05, 3.63) is 24.4 Å². The number of thioether (sulfide) groups is 1. The molecule has 1 heterocycles. The molecule has 0 radical (unpaired) electrons. The largest absolute Gasteiger partial charge is 0.465 e. The average molecular weight is 310 g/mol. The van der Waals surface area contributed by atoms with Crippen LogP contribution in [0.25, 0.3) is 0 Å². The lowest BCUT2D eigenvalue weighted by atomic mass is 9.96. The maximum atomic E-state index is 12.2. The van der Waals surface area contributed by atoms with Crippen LogP contribution in [0.5, 0.6) is 0 Å². The summed E-state index contributed by atoms with van der Waals surface area (Å²) in [6.07, 6.45) is 3.47. The van der Waals surface area contributed by atoms with Gasteiger partial charge in [0.15, 0.2) is 0 Å². The fourth-order valence-electron chi connectivity index (χ4n) is 2.16. The van der Waals surface area contributed by atoms with Crippen molar-refractivity contribution in [2.24, 2.45) is 0 Å². The van der Waals surface area contributed by atoms with Gasteiger partial charge < -0.3 is 10.1 Å². The molecule has 0 saturated heterocycles. The fraction of sp³-hybridized carbons (Fsp3) is 0.625. The van der Waals surface area contributed by atoms with Crippen molar-refractivity contribution in [1.29, 1.82) is 0 Å². The van der Waals surface area contributed by atoms with E-state index in [1.165, 1.54) is 0 Å². The maximum Gasteiger partial charge on any atom is 0.326 e. The third-order valence-electron chi connectivity index (χ3n) is 3.15. The Labute approximate surface area is 132 Å². The molecule has 1 aromatic rings. The highest BCUT2D eigenvalue weighted by Crippen LogP contribution is 2.28. The molecule has 0 aromatic carbocycles. The highest BCUT2D eigenvalue weighted by molar-refractivity contribution is 7.99. The van der Waals surface area contributed by atoms with Crippen LogP contribution in [-0.4, -0.2) is 34.9 Å². The van der Waals surface area contributed by atoms with Crippen molar-refractivity contribution in [2.45, 2.75) is 56.4 Å². The number of aromatic nitrogens is 1. The zero-order valence-electron chi connectivity index (χ0n) is 13.4. The molecule has 21 heavy (non-hydrogen) atoms. The Balaban J connectivity index is 2.68. The first-order valence-corrected chi connectivity index (χ1v) is 8.39. The standard InChI is InChI=1S/C16H26N2O2S/c1-5-10-18-16(4,15(19)20-6-2)12-13(3)21-14-9-7-8-11-17-14/h7-9,11,13,18H,5-6,10,12H2,1-4H3. The number of hydrogen-bond acceptors (Lipinski definition) is 5. The average Bonchev–Trinajstić information content (AvgIpc) is 2.46. The van der Waals surface area contributed by atoms with Gasteiger partial charge in [-0.2, -0.15) is 0 Å². The first kappa shape index (κ1) is 18.0. The summed E-state index contributed by atoms with van der Waals surface area (Å²) in [7, 11) is 0. The van der Waals surface area contributed by atoms with Crippen LogP contribution >= 0.6 is 11.8 Å². The van der Waals surface area contributed by atoms with Gasteiger partial charge in [-0.25, -0.2) is 4.98 Å². The van der Waals surface area contributed by atoms with Crippen LogP contribution in [0.4, 0.5) is 0 Å². The summed E-state index contributed by atoms with van der Waals surface area (Å²) in [4.78, 5) is 16.6. The van der Waals surface area contributed by atoms with Gasteiger partial charge in [-0.3, -0.25) is 4.79 Å². The number of nitrogens with one attached hydrogen (secondary N) is 1. The molecule has 0 bridgehead atoms. The molecule has 0 aliphatic heterocycles. The van der Waals surface area contributed by atoms with E-state index < -0.39 is 5.54 Å². The topological polar surface area (TPSA) is 51.2 Å². The van der Waals surface area contributed by atoms with Crippen molar-refractivity contribution >= 4 is 17.7 Å². The van der Waals surface area contributed by atoms with Gasteiger partial charge in [0.05, 0.1) is 11.6 Å². The van der Waals surface area contributed by atoms with Gasteiger partial charge in [-0.05, 0) is 45.4 Å².